The van der Waals surface area contributed by atoms with Gasteiger partial charge in [0.25, 0.3) is 5.91 Å². The van der Waals surface area contributed by atoms with E-state index < -0.39 is 5.91 Å². The minimum Gasteiger partial charge on any atom is -0.497 e. The molecule has 0 aliphatic heterocycles. The Morgan fingerprint density at radius 3 is 2.47 bits per heavy atom. The van der Waals surface area contributed by atoms with Crippen molar-refractivity contribution < 1.29 is 14.3 Å². The number of amides is 1. The number of carbonyl (C=O) groups is 1. The summed E-state index contributed by atoms with van der Waals surface area (Å²) < 4.78 is 10.7. The molecule has 1 amide bonds. The molecular formula is C14H14N2O3. The molecule has 2 rings (SSSR count). The quantitative estimate of drug-likeness (QED) is 0.823. The predicted octanol–water partition coefficient (Wildman–Crippen LogP) is 2.17. The van der Waals surface area contributed by atoms with Crippen LogP contribution in [0.25, 0.3) is 0 Å². The van der Waals surface area contributed by atoms with Crippen LogP contribution in [0.1, 0.15) is 10.4 Å². The summed E-state index contributed by atoms with van der Waals surface area (Å²) in [4.78, 5) is 11.4. The molecule has 0 radical (unpaired) electrons. The lowest BCUT2D eigenvalue weighted by Gasteiger charge is -2.11. The molecule has 2 aromatic rings. The maximum absolute atomic E-state index is 11.4. The zero-order chi connectivity index (χ0) is 13.8. The summed E-state index contributed by atoms with van der Waals surface area (Å²) in [6, 6.07) is 11.9. The molecule has 98 valence electrons. The van der Waals surface area contributed by atoms with E-state index in [1.165, 1.54) is 0 Å². The van der Waals surface area contributed by atoms with Gasteiger partial charge in [0.2, 0.25) is 0 Å². The van der Waals surface area contributed by atoms with Gasteiger partial charge >= 0.3 is 0 Å². The Balaban J connectivity index is 2.38. The lowest BCUT2D eigenvalue weighted by molar-refractivity contribution is 0.0999. The molecule has 5 heteroatoms. The van der Waals surface area contributed by atoms with Crippen molar-refractivity contribution in [1.82, 2.24) is 0 Å². The molecule has 4 N–H and O–H groups in total. The summed E-state index contributed by atoms with van der Waals surface area (Å²) in [5.74, 6) is 0.881. The normalized spacial score (nSPS) is 9.95. The van der Waals surface area contributed by atoms with Crippen LogP contribution in [0, 0.1) is 0 Å². The van der Waals surface area contributed by atoms with Crippen LogP contribution in [0.2, 0.25) is 0 Å². The molecule has 5 nitrogen and oxygen atoms in total. The van der Waals surface area contributed by atoms with Gasteiger partial charge in [0.15, 0.2) is 0 Å². The third kappa shape index (κ3) is 2.77. The van der Waals surface area contributed by atoms with E-state index in [1.807, 2.05) is 0 Å². The second-order valence-corrected chi connectivity index (χ2v) is 3.87. The van der Waals surface area contributed by atoms with Gasteiger partial charge in [-0.25, -0.2) is 0 Å². The Morgan fingerprint density at radius 1 is 1.11 bits per heavy atom. The number of methoxy groups -OCH3 is 1. The van der Waals surface area contributed by atoms with Crippen LogP contribution >= 0.6 is 0 Å². The zero-order valence-electron chi connectivity index (χ0n) is 10.4. The van der Waals surface area contributed by atoms with Gasteiger partial charge in [0.05, 0.1) is 7.11 Å². The van der Waals surface area contributed by atoms with E-state index in [-0.39, 0.29) is 11.3 Å². The average Bonchev–Trinajstić information content (AvgIpc) is 2.38. The van der Waals surface area contributed by atoms with Gasteiger partial charge in [-0.3, -0.25) is 4.79 Å². The number of benzene rings is 2. The van der Waals surface area contributed by atoms with Crippen LogP contribution in [0.5, 0.6) is 17.2 Å². The summed E-state index contributed by atoms with van der Waals surface area (Å²) in [6.07, 6.45) is 0. The summed E-state index contributed by atoms with van der Waals surface area (Å²) in [6.45, 7) is 0. The number of hydrogen-bond acceptors (Lipinski definition) is 4. The number of anilines is 1. The largest absolute Gasteiger partial charge is 0.497 e. The summed E-state index contributed by atoms with van der Waals surface area (Å²) in [7, 11) is 1.56. The predicted molar refractivity (Wildman–Crippen MR) is 72.4 cm³/mol. The van der Waals surface area contributed by atoms with E-state index >= 15 is 0 Å². The highest BCUT2D eigenvalue weighted by Gasteiger charge is 2.13. The van der Waals surface area contributed by atoms with Crippen molar-refractivity contribution in [2.45, 2.75) is 0 Å². The van der Waals surface area contributed by atoms with Crippen molar-refractivity contribution in [3.8, 4) is 17.2 Å². The summed E-state index contributed by atoms with van der Waals surface area (Å²) in [5, 5.41) is 0. The second kappa shape index (κ2) is 5.30. The Labute approximate surface area is 110 Å². The fraction of sp³-hybridized carbons (Fsp3) is 0.0714. The Hall–Kier alpha value is -2.69. The first-order valence-corrected chi connectivity index (χ1v) is 5.62. The van der Waals surface area contributed by atoms with E-state index in [9.17, 15) is 4.79 Å². The molecule has 0 aromatic heterocycles. The molecule has 0 aliphatic carbocycles. The molecule has 19 heavy (non-hydrogen) atoms. The first kappa shape index (κ1) is 12.8. The van der Waals surface area contributed by atoms with Crippen molar-refractivity contribution >= 4 is 11.6 Å². The van der Waals surface area contributed by atoms with E-state index in [2.05, 4.69) is 0 Å². The summed E-state index contributed by atoms with van der Waals surface area (Å²) in [5.41, 5.74) is 11.5. The monoisotopic (exact) mass is 258 g/mol. The highest BCUT2D eigenvalue weighted by Crippen LogP contribution is 2.30. The van der Waals surface area contributed by atoms with Crippen molar-refractivity contribution in [3.63, 3.8) is 0 Å². The first-order valence-electron chi connectivity index (χ1n) is 5.62. The number of carbonyl (C=O) groups excluding carboxylic acids is 1. The second-order valence-electron chi connectivity index (χ2n) is 3.87. The maximum Gasteiger partial charge on any atom is 0.254 e. The maximum atomic E-state index is 11.4. The molecule has 0 saturated carbocycles. The molecule has 0 bridgehead atoms. The van der Waals surface area contributed by atoms with Crippen molar-refractivity contribution in [1.29, 1.82) is 0 Å². The smallest absolute Gasteiger partial charge is 0.254 e. The average molecular weight is 258 g/mol. The van der Waals surface area contributed by atoms with Gasteiger partial charge in [-0.15, -0.1) is 0 Å². The molecule has 0 aliphatic rings. The molecule has 0 spiro atoms. The van der Waals surface area contributed by atoms with E-state index in [0.717, 1.165) is 0 Å². The van der Waals surface area contributed by atoms with Crippen molar-refractivity contribution in [3.05, 3.63) is 48.0 Å². The van der Waals surface area contributed by atoms with Crippen LogP contribution in [-0.2, 0) is 0 Å². The van der Waals surface area contributed by atoms with Crippen LogP contribution in [0.4, 0.5) is 5.69 Å². The van der Waals surface area contributed by atoms with Gasteiger partial charge in [-0.2, -0.15) is 0 Å². The minimum absolute atomic E-state index is 0.172. The fourth-order valence-corrected chi connectivity index (χ4v) is 1.69. The molecule has 0 saturated heterocycles. The third-order valence-corrected chi connectivity index (χ3v) is 2.57. The molecular weight excluding hydrogens is 244 g/mol. The van der Waals surface area contributed by atoms with E-state index in [4.69, 9.17) is 20.9 Å². The van der Waals surface area contributed by atoms with E-state index in [1.54, 1.807) is 49.6 Å². The standard InChI is InChI=1S/C14H14N2O3/c1-18-9-4-2-5-10(8-9)19-12-7-3-6-11(15)13(12)14(16)17/h2-8H,15H2,1H3,(H2,16,17). The topological polar surface area (TPSA) is 87.6 Å². The lowest BCUT2D eigenvalue weighted by Crippen LogP contribution is -2.14. The van der Waals surface area contributed by atoms with Crippen LogP contribution in [0.3, 0.4) is 0 Å². The van der Waals surface area contributed by atoms with Crippen molar-refractivity contribution in [2.24, 2.45) is 5.73 Å². The minimum atomic E-state index is -0.629. The van der Waals surface area contributed by atoms with Gasteiger partial charge in [0, 0.05) is 11.8 Å². The van der Waals surface area contributed by atoms with Crippen LogP contribution in [0.15, 0.2) is 42.5 Å². The lowest BCUT2D eigenvalue weighted by atomic mass is 10.1. The number of nitrogens with two attached hydrogens (primary N) is 2. The third-order valence-electron chi connectivity index (χ3n) is 2.57. The highest BCUT2D eigenvalue weighted by atomic mass is 16.5. The van der Waals surface area contributed by atoms with Gasteiger partial charge in [-0.05, 0) is 24.3 Å². The molecule has 2 aromatic carbocycles. The highest BCUT2D eigenvalue weighted by molar-refractivity contribution is 6.00. The first-order chi connectivity index (χ1) is 9.11. The number of primary amides is 1. The van der Waals surface area contributed by atoms with Gasteiger partial charge in [-0.1, -0.05) is 12.1 Å². The number of nitrogen functional groups attached to an aromatic ring is 1. The SMILES string of the molecule is COc1cccc(Oc2cccc(N)c2C(N)=O)c1. The van der Waals surface area contributed by atoms with Crippen molar-refractivity contribution in [2.75, 3.05) is 12.8 Å². The van der Waals surface area contributed by atoms with Gasteiger partial charge in [0.1, 0.15) is 22.8 Å². The summed E-state index contributed by atoms with van der Waals surface area (Å²) >= 11 is 0. The Bertz CT molecular complexity index is 611. The Kier molecular flexibility index (Phi) is 3.56. The van der Waals surface area contributed by atoms with Crippen LogP contribution in [-0.4, -0.2) is 13.0 Å². The molecule has 0 unspecified atom stereocenters. The fourth-order valence-electron chi connectivity index (χ4n) is 1.69. The number of hydrogen-bond donors (Lipinski definition) is 2. The van der Waals surface area contributed by atoms with Gasteiger partial charge < -0.3 is 20.9 Å². The molecule has 0 heterocycles. The Morgan fingerprint density at radius 2 is 1.79 bits per heavy atom. The van der Waals surface area contributed by atoms with Crippen LogP contribution < -0.4 is 20.9 Å². The number of ether oxygens (including phenoxy) is 2. The number of rotatable bonds is 4. The zero-order valence-corrected chi connectivity index (χ0v) is 10.4. The molecule has 0 atom stereocenters. The molecule has 0 fully saturated rings. The van der Waals surface area contributed by atoms with E-state index in [0.29, 0.717) is 17.2 Å².